The van der Waals surface area contributed by atoms with Crippen LogP contribution in [0.4, 0.5) is 0 Å². The minimum atomic E-state index is -0.125. The van der Waals surface area contributed by atoms with Crippen LogP contribution in [0.1, 0.15) is 13.8 Å². The zero-order valence-corrected chi connectivity index (χ0v) is 14.0. The molecule has 4 nitrogen and oxygen atoms in total. The molecule has 0 bridgehead atoms. The molecule has 109 valence electrons. The number of hydrogen-bond donors (Lipinski definition) is 1. The van der Waals surface area contributed by atoms with Crippen molar-refractivity contribution < 1.29 is 30.0 Å². The van der Waals surface area contributed by atoms with E-state index in [-0.39, 0.29) is 31.6 Å². The molecule has 0 aliphatic carbocycles. The largest absolute Gasteiger partial charge is 0.512 e. The molecule has 0 spiro atoms. The maximum atomic E-state index is 10.0. The number of allylic oxidation sites excluding steroid dienone is 2. The van der Waals surface area contributed by atoms with E-state index in [2.05, 4.69) is 11.2 Å². The van der Waals surface area contributed by atoms with Crippen molar-refractivity contribution in [3.63, 3.8) is 0 Å². The number of hydrogen-bond acceptors (Lipinski definition) is 3. The van der Waals surface area contributed by atoms with E-state index >= 15 is 0 Å². The molecule has 0 aliphatic rings. The molecule has 0 amide bonds. The molecule has 0 aliphatic heterocycles. The molecule has 1 N–H and O–H groups in total. The first-order valence-electron chi connectivity index (χ1n) is 5.83. The van der Waals surface area contributed by atoms with E-state index in [1.807, 2.05) is 43.6 Å². The fourth-order valence-electron chi connectivity index (χ4n) is 1.41. The number of aromatic nitrogens is 2. The first-order chi connectivity index (χ1) is 8.99. The molecule has 2 rings (SSSR count). The normalized spacial score (nSPS) is 10.1. The number of aliphatic hydroxyl groups is 1. The zero-order valence-electron chi connectivity index (χ0n) is 11.6. The second kappa shape index (κ2) is 9.23. The Balaban J connectivity index is 0.000000396. The monoisotopic (exact) mass is 450 g/mol. The SMILES string of the molecule is CC(=O)/C=C(/C)O.Cn1ccc(-c2[c-]cccc2)n1.[Ir]. The summed E-state index contributed by atoms with van der Waals surface area (Å²) in [5, 5.41) is 12.6. The van der Waals surface area contributed by atoms with E-state index in [0.717, 1.165) is 11.3 Å². The van der Waals surface area contributed by atoms with Gasteiger partial charge in [0.1, 0.15) is 0 Å². The fourth-order valence-corrected chi connectivity index (χ4v) is 1.41. The standard InChI is InChI=1S/C10H9N2.C5H8O2.Ir/c1-12-8-7-10(11-12)9-5-3-2-4-6-9;1-4(6)3-5(2)7;/h2-5,7-8H,1H3;3,6H,1-2H3;/q-1;;/b;4-3-;. The molecule has 0 atom stereocenters. The van der Waals surface area contributed by atoms with Gasteiger partial charge in [-0.25, -0.2) is 5.10 Å². The van der Waals surface area contributed by atoms with Gasteiger partial charge < -0.3 is 5.11 Å². The molecule has 1 aromatic carbocycles. The maximum Gasteiger partial charge on any atom is 0.155 e. The second-order valence-electron chi connectivity index (χ2n) is 4.05. The molecule has 1 heterocycles. The molecule has 0 saturated carbocycles. The van der Waals surface area contributed by atoms with Crippen LogP contribution in [-0.4, -0.2) is 20.7 Å². The van der Waals surface area contributed by atoms with Gasteiger partial charge in [0.25, 0.3) is 0 Å². The Morgan fingerprint density at radius 2 is 2.05 bits per heavy atom. The summed E-state index contributed by atoms with van der Waals surface area (Å²) >= 11 is 0. The molecular formula is C15H17IrN2O2-. The summed E-state index contributed by atoms with van der Waals surface area (Å²) in [6.45, 7) is 2.85. The van der Waals surface area contributed by atoms with E-state index in [1.54, 1.807) is 4.68 Å². The van der Waals surface area contributed by atoms with Gasteiger partial charge in [0.15, 0.2) is 5.78 Å². The number of rotatable bonds is 2. The molecule has 5 heteroatoms. The van der Waals surface area contributed by atoms with Gasteiger partial charge in [0.05, 0.1) is 5.76 Å². The van der Waals surface area contributed by atoms with Crippen molar-refractivity contribution in [3.05, 3.63) is 54.4 Å². The Bertz CT molecular complexity index is 558. The van der Waals surface area contributed by atoms with E-state index in [0.29, 0.717) is 0 Å². The minimum Gasteiger partial charge on any atom is -0.512 e. The van der Waals surface area contributed by atoms with Gasteiger partial charge >= 0.3 is 0 Å². The number of aliphatic hydroxyl groups excluding tert-OH is 1. The van der Waals surface area contributed by atoms with Gasteiger partial charge in [0.2, 0.25) is 0 Å². The first-order valence-corrected chi connectivity index (χ1v) is 5.83. The minimum absolute atomic E-state index is 0. The van der Waals surface area contributed by atoms with Crippen LogP contribution in [0.5, 0.6) is 0 Å². The topological polar surface area (TPSA) is 55.1 Å². The third kappa shape index (κ3) is 7.02. The number of nitrogens with zero attached hydrogens (tertiary/aromatic N) is 2. The fraction of sp³-hybridized carbons (Fsp3) is 0.200. The maximum absolute atomic E-state index is 10.0. The van der Waals surface area contributed by atoms with Gasteiger partial charge in [0, 0.05) is 45.1 Å². The van der Waals surface area contributed by atoms with E-state index in [9.17, 15) is 4.79 Å². The van der Waals surface area contributed by atoms with Crippen LogP contribution in [0.3, 0.4) is 0 Å². The van der Waals surface area contributed by atoms with Crippen LogP contribution in [0.15, 0.2) is 48.4 Å². The molecule has 0 unspecified atom stereocenters. The molecule has 0 fully saturated rings. The van der Waals surface area contributed by atoms with Crippen LogP contribution in [0.2, 0.25) is 0 Å². The van der Waals surface area contributed by atoms with Gasteiger partial charge in [-0.05, 0) is 13.8 Å². The third-order valence-electron chi connectivity index (χ3n) is 2.11. The Morgan fingerprint density at radius 1 is 1.35 bits per heavy atom. The van der Waals surface area contributed by atoms with Gasteiger partial charge in [-0.2, -0.15) is 0 Å². The Hall–Kier alpha value is -1.71. The van der Waals surface area contributed by atoms with E-state index in [1.165, 1.54) is 19.9 Å². The number of ketones is 1. The summed E-state index contributed by atoms with van der Waals surface area (Å²) in [6.07, 6.45) is 3.09. The molecule has 20 heavy (non-hydrogen) atoms. The summed E-state index contributed by atoms with van der Waals surface area (Å²) in [6, 6.07) is 12.9. The zero-order chi connectivity index (χ0) is 14.3. The second-order valence-corrected chi connectivity index (χ2v) is 4.05. The molecular weight excluding hydrogens is 432 g/mol. The van der Waals surface area contributed by atoms with Crippen molar-refractivity contribution >= 4 is 5.78 Å². The summed E-state index contributed by atoms with van der Waals surface area (Å²) in [5.41, 5.74) is 2.01. The molecule has 0 saturated heterocycles. The van der Waals surface area contributed by atoms with Crippen LogP contribution >= 0.6 is 0 Å². The van der Waals surface area contributed by atoms with Crippen molar-refractivity contribution in [1.29, 1.82) is 0 Å². The van der Waals surface area contributed by atoms with Crippen LogP contribution < -0.4 is 0 Å². The van der Waals surface area contributed by atoms with Gasteiger partial charge in [-0.3, -0.25) is 9.48 Å². The van der Waals surface area contributed by atoms with Crippen LogP contribution in [-0.2, 0) is 31.9 Å². The average Bonchev–Trinajstić information content (AvgIpc) is 2.76. The van der Waals surface area contributed by atoms with Crippen molar-refractivity contribution in [3.8, 4) is 11.3 Å². The van der Waals surface area contributed by atoms with Crippen molar-refractivity contribution in [2.45, 2.75) is 13.8 Å². The molecule has 1 radical (unpaired) electrons. The van der Waals surface area contributed by atoms with E-state index in [4.69, 9.17) is 5.11 Å². The summed E-state index contributed by atoms with van der Waals surface area (Å²) < 4.78 is 1.79. The summed E-state index contributed by atoms with van der Waals surface area (Å²) in [7, 11) is 1.91. The first kappa shape index (κ1) is 18.3. The predicted octanol–water partition coefficient (Wildman–Crippen LogP) is 2.92. The van der Waals surface area contributed by atoms with Crippen LogP contribution in [0, 0.1) is 6.07 Å². The third-order valence-corrected chi connectivity index (χ3v) is 2.11. The van der Waals surface area contributed by atoms with Crippen LogP contribution in [0.25, 0.3) is 11.3 Å². The quantitative estimate of drug-likeness (QED) is 0.436. The summed E-state index contributed by atoms with van der Waals surface area (Å²) in [4.78, 5) is 10.0. The molecule has 1 aromatic heterocycles. The predicted molar refractivity (Wildman–Crippen MR) is 74.5 cm³/mol. The summed E-state index contributed by atoms with van der Waals surface area (Å²) in [5.74, 6) is -0.0625. The molecule has 2 aromatic rings. The van der Waals surface area contributed by atoms with Gasteiger partial charge in [-0.15, -0.1) is 35.9 Å². The van der Waals surface area contributed by atoms with E-state index < -0.39 is 0 Å². The number of aryl methyl sites for hydroxylation is 1. The van der Waals surface area contributed by atoms with Gasteiger partial charge in [-0.1, -0.05) is 6.07 Å². The number of carbonyl (C=O) groups is 1. The Labute approximate surface area is 132 Å². The number of carbonyl (C=O) groups excluding carboxylic acids is 1. The Kier molecular flexibility index (Phi) is 8.44. The Morgan fingerprint density at radius 3 is 2.40 bits per heavy atom. The van der Waals surface area contributed by atoms with Crippen molar-refractivity contribution in [1.82, 2.24) is 9.78 Å². The van der Waals surface area contributed by atoms with Crippen molar-refractivity contribution in [2.24, 2.45) is 7.05 Å². The average molecular weight is 450 g/mol. The number of benzene rings is 1. The van der Waals surface area contributed by atoms with Crippen molar-refractivity contribution in [2.75, 3.05) is 0 Å². The smallest absolute Gasteiger partial charge is 0.155 e.